The van der Waals surface area contributed by atoms with Crippen LogP contribution in [0.2, 0.25) is 0 Å². The normalized spacial score (nSPS) is 10.5. The van der Waals surface area contributed by atoms with Crippen molar-refractivity contribution in [3.05, 3.63) is 58.6 Å². The number of thiazole rings is 1. The highest BCUT2D eigenvalue weighted by Gasteiger charge is 2.18. The molecule has 0 atom stereocenters. The first-order chi connectivity index (χ1) is 13.0. The van der Waals surface area contributed by atoms with Gasteiger partial charge in [0, 0.05) is 11.6 Å². The van der Waals surface area contributed by atoms with Gasteiger partial charge in [-0.05, 0) is 31.0 Å². The van der Waals surface area contributed by atoms with E-state index < -0.39 is 0 Å². The maximum absolute atomic E-state index is 12.8. The minimum Gasteiger partial charge on any atom is -0.497 e. The Hall–Kier alpha value is -2.86. The van der Waals surface area contributed by atoms with Crippen LogP contribution in [0.1, 0.15) is 27.9 Å². The Labute approximate surface area is 163 Å². The summed E-state index contributed by atoms with van der Waals surface area (Å²) in [5, 5.41) is 3.74. The number of ether oxygens (including phenoxy) is 2. The molecule has 0 aliphatic carbocycles. The lowest BCUT2D eigenvalue weighted by molar-refractivity contribution is 0.102. The van der Waals surface area contributed by atoms with Crippen molar-refractivity contribution in [2.75, 3.05) is 19.5 Å². The van der Waals surface area contributed by atoms with Crippen LogP contribution in [0.3, 0.4) is 0 Å². The zero-order chi connectivity index (χ0) is 19.4. The lowest BCUT2D eigenvalue weighted by Crippen LogP contribution is -2.12. The summed E-state index contributed by atoms with van der Waals surface area (Å²) < 4.78 is 10.5. The molecule has 0 saturated heterocycles. The number of rotatable bonds is 6. The van der Waals surface area contributed by atoms with Crippen LogP contribution in [0.5, 0.6) is 11.5 Å². The maximum atomic E-state index is 12.8. The first kappa shape index (κ1) is 18.9. The number of nitrogens with zero attached hydrogens (tertiary/aromatic N) is 1. The summed E-state index contributed by atoms with van der Waals surface area (Å²) in [4.78, 5) is 17.9. The summed E-state index contributed by atoms with van der Waals surface area (Å²) in [6, 6.07) is 13.5. The van der Waals surface area contributed by atoms with E-state index in [2.05, 4.69) is 29.4 Å². The van der Waals surface area contributed by atoms with E-state index in [9.17, 15) is 4.79 Å². The Balaban J connectivity index is 1.84. The fourth-order valence-corrected chi connectivity index (χ4v) is 3.66. The first-order valence-corrected chi connectivity index (χ1v) is 9.47. The van der Waals surface area contributed by atoms with E-state index in [4.69, 9.17) is 9.47 Å². The standard InChI is InChI=1S/C21H22N2O3S/c1-5-14-6-8-15(9-7-14)21-22-13(2)19(27-21)20(24)23-17-11-10-16(25-3)12-18(17)26-4/h6-12H,5H2,1-4H3,(H,23,24). The molecule has 0 aliphatic rings. The molecule has 2 aromatic carbocycles. The summed E-state index contributed by atoms with van der Waals surface area (Å²) in [6.07, 6.45) is 0.995. The van der Waals surface area contributed by atoms with Crippen LogP contribution in [0.15, 0.2) is 42.5 Å². The molecular formula is C21H22N2O3S. The zero-order valence-corrected chi connectivity index (χ0v) is 16.6. The lowest BCUT2D eigenvalue weighted by atomic mass is 10.1. The molecule has 6 heteroatoms. The molecule has 1 heterocycles. The number of nitrogens with one attached hydrogen (secondary N) is 1. The molecule has 0 fully saturated rings. The number of benzene rings is 2. The van der Waals surface area contributed by atoms with Gasteiger partial charge in [0.15, 0.2) is 0 Å². The van der Waals surface area contributed by atoms with Gasteiger partial charge in [-0.2, -0.15) is 0 Å². The minimum absolute atomic E-state index is 0.204. The quantitative estimate of drug-likeness (QED) is 0.655. The van der Waals surface area contributed by atoms with E-state index in [1.54, 1.807) is 32.4 Å². The highest BCUT2D eigenvalue weighted by atomic mass is 32.1. The number of hydrogen-bond donors (Lipinski definition) is 1. The largest absolute Gasteiger partial charge is 0.497 e. The summed E-state index contributed by atoms with van der Waals surface area (Å²) in [7, 11) is 3.14. The summed E-state index contributed by atoms with van der Waals surface area (Å²) in [5.74, 6) is 1.00. The molecule has 0 bridgehead atoms. The average Bonchev–Trinajstić information content (AvgIpc) is 3.10. The summed E-state index contributed by atoms with van der Waals surface area (Å²) in [5.41, 5.74) is 3.59. The van der Waals surface area contributed by atoms with Crippen molar-refractivity contribution in [2.45, 2.75) is 20.3 Å². The molecule has 1 aromatic heterocycles. The van der Waals surface area contributed by atoms with Gasteiger partial charge in [-0.1, -0.05) is 31.2 Å². The molecule has 5 nitrogen and oxygen atoms in total. The van der Waals surface area contributed by atoms with Crippen molar-refractivity contribution in [3.63, 3.8) is 0 Å². The summed E-state index contributed by atoms with van der Waals surface area (Å²) in [6.45, 7) is 3.97. The third-order valence-electron chi connectivity index (χ3n) is 4.27. The Kier molecular flexibility index (Phi) is 5.76. The zero-order valence-electron chi connectivity index (χ0n) is 15.8. The van der Waals surface area contributed by atoms with Gasteiger partial charge < -0.3 is 14.8 Å². The van der Waals surface area contributed by atoms with Gasteiger partial charge >= 0.3 is 0 Å². The van der Waals surface area contributed by atoms with Gasteiger partial charge in [0.1, 0.15) is 21.4 Å². The monoisotopic (exact) mass is 382 g/mol. The highest BCUT2D eigenvalue weighted by molar-refractivity contribution is 7.17. The fourth-order valence-electron chi connectivity index (χ4n) is 2.69. The Bertz CT molecular complexity index is 949. The molecule has 1 N–H and O–H groups in total. The van der Waals surface area contributed by atoms with Crippen LogP contribution in [0.25, 0.3) is 10.6 Å². The predicted molar refractivity (Wildman–Crippen MR) is 109 cm³/mol. The number of carbonyl (C=O) groups is 1. The molecule has 0 radical (unpaired) electrons. The first-order valence-electron chi connectivity index (χ1n) is 8.65. The Morgan fingerprint density at radius 2 is 1.85 bits per heavy atom. The Morgan fingerprint density at radius 1 is 1.11 bits per heavy atom. The number of hydrogen-bond acceptors (Lipinski definition) is 5. The van der Waals surface area contributed by atoms with E-state index in [1.807, 2.05) is 19.1 Å². The van der Waals surface area contributed by atoms with Crippen LogP contribution < -0.4 is 14.8 Å². The van der Waals surface area contributed by atoms with Crippen LogP contribution >= 0.6 is 11.3 Å². The molecule has 3 aromatic rings. The van der Waals surface area contributed by atoms with Crippen LogP contribution in [0.4, 0.5) is 5.69 Å². The predicted octanol–water partition coefficient (Wildman–Crippen LogP) is 4.95. The molecule has 3 rings (SSSR count). The van der Waals surface area contributed by atoms with Crippen molar-refractivity contribution < 1.29 is 14.3 Å². The third-order valence-corrected chi connectivity index (χ3v) is 5.47. The smallest absolute Gasteiger partial charge is 0.267 e. The molecule has 1 amide bonds. The van der Waals surface area contributed by atoms with Crippen molar-refractivity contribution in [2.24, 2.45) is 0 Å². The van der Waals surface area contributed by atoms with Crippen molar-refractivity contribution in [1.82, 2.24) is 4.98 Å². The molecule has 0 aliphatic heterocycles. The maximum Gasteiger partial charge on any atom is 0.267 e. The average molecular weight is 382 g/mol. The molecule has 0 spiro atoms. The molecule has 140 valence electrons. The van der Waals surface area contributed by atoms with E-state index in [1.165, 1.54) is 16.9 Å². The van der Waals surface area contributed by atoms with Gasteiger partial charge in [-0.15, -0.1) is 11.3 Å². The van der Waals surface area contributed by atoms with Gasteiger partial charge in [0.2, 0.25) is 0 Å². The number of amides is 1. The Morgan fingerprint density at radius 3 is 2.48 bits per heavy atom. The molecule has 27 heavy (non-hydrogen) atoms. The van der Waals surface area contributed by atoms with Gasteiger partial charge in [0.05, 0.1) is 25.6 Å². The van der Waals surface area contributed by atoms with E-state index >= 15 is 0 Å². The number of carbonyl (C=O) groups excluding carboxylic acids is 1. The van der Waals surface area contributed by atoms with Crippen LogP contribution in [-0.2, 0) is 6.42 Å². The van der Waals surface area contributed by atoms with E-state index in [0.29, 0.717) is 27.8 Å². The molecule has 0 saturated carbocycles. The van der Waals surface area contributed by atoms with Gasteiger partial charge in [-0.25, -0.2) is 4.98 Å². The lowest BCUT2D eigenvalue weighted by Gasteiger charge is -2.11. The fraction of sp³-hybridized carbons (Fsp3) is 0.238. The van der Waals surface area contributed by atoms with Gasteiger partial charge in [-0.3, -0.25) is 4.79 Å². The number of methoxy groups -OCH3 is 2. The van der Waals surface area contributed by atoms with Crippen molar-refractivity contribution >= 4 is 22.9 Å². The van der Waals surface area contributed by atoms with Gasteiger partial charge in [0.25, 0.3) is 5.91 Å². The summed E-state index contributed by atoms with van der Waals surface area (Å²) >= 11 is 1.39. The second-order valence-corrected chi connectivity index (χ2v) is 7.00. The third kappa shape index (κ3) is 4.11. The van der Waals surface area contributed by atoms with Crippen molar-refractivity contribution in [3.8, 4) is 22.1 Å². The van der Waals surface area contributed by atoms with Crippen LogP contribution in [-0.4, -0.2) is 25.1 Å². The minimum atomic E-state index is -0.204. The molecule has 0 unspecified atom stereocenters. The number of aromatic nitrogens is 1. The number of aryl methyl sites for hydroxylation is 2. The molecular weight excluding hydrogens is 360 g/mol. The van der Waals surface area contributed by atoms with Crippen LogP contribution in [0, 0.1) is 6.92 Å². The second kappa shape index (κ2) is 8.22. The van der Waals surface area contributed by atoms with E-state index in [-0.39, 0.29) is 5.91 Å². The number of anilines is 1. The highest BCUT2D eigenvalue weighted by Crippen LogP contribution is 2.32. The van der Waals surface area contributed by atoms with E-state index in [0.717, 1.165) is 17.0 Å². The SMILES string of the molecule is CCc1ccc(-c2nc(C)c(C(=O)Nc3ccc(OC)cc3OC)s2)cc1. The topological polar surface area (TPSA) is 60.5 Å². The second-order valence-electron chi connectivity index (χ2n) is 6.00. The van der Waals surface area contributed by atoms with Crippen molar-refractivity contribution in [1.29, 1.82) is 0 Å².